The number of hydrogen-bond acceptors (Lipinski definition) is 5. The van der Waals surface area contributed by atoms with Gasteiger partial charge in [0, 0.05) is 5.69 Å². The van der Waals surface area contributed by atoms with E-state index < -0.39 is 21.9 Å². The van der Waals surface area contributed by atoms with Gasteiger partial charge in [-0.05, 0) is 36.4 Å². The average molecular weight is 336 g/mol. The van der Waals surface area contributed by atoms with Gasteiger partial charge in [0.15, 0.2) is 0 Å². The number of benzene rings is 2. The van der Waals surface area contributed by atoms with Crippen molar-refractivity contribution in [2.24, 2.45) is 0 Å². The smallest absolute Gasteiger partial charge is 0.314 e. The summed E-state index contributed by atoms with van der Waals surface area (Å²) in [5, 5.41) is 14.0. The van der Waals surface area contributed by atoms with Crippen LogP contribution in [0.1, 0.15) is 0 Å². The Hall–Kier alpha value is -2.91. The summed E-state index contributed by atoms with van der Waals surface area (Å²) in [7, 11) is -4.33. The molecule has 9 heteroatoms. The third-order valence-corrected chi connectivity index (χ3v) is 3.64. The van der Waals surface area contributed by atoms with E-state index in [0.29, 0.717) is 0 Å². The summed E-state index contributed by atoms with van der Waals surface area (Å²) in [6, 6.07) is 10.5. The van der Waals surface area contributed by atoms with Crippen LogP contribution in [-0.4, -0.2) is 29.9 Å². The number of phenols is 1. The first kappa shape index (κ1) is 16.5. The minimum atomic E-state index is -4.33. The number of hydrogen-bond donors (Lipinski definition) is 4. The van der Waals surface area contributed by atoms with E-state index in [1.165, 1.54) is 24.3 Å². The monoisotopic (exact) mass is 336 g/mol. The van der Waals surface area contributed by atoms with Gasteiger partial charge >= 0.3 is 11.8 Å². The molecule has 2 aromatic carbocycles. The van der Waals surface area contributed by atoms with Gasteiger partial charge in [0.05, 0.1) is 10.6 Å². The van der Waals surface area contributed by atoms with Crippen molar-refractivity contribution in [2.75, 3.05) is 10.6 Å². The van der Waals surface area contributed by atoms with Crippen molar-refractivity contribution < 1.29 is 27.7 Å². The Bertz CT molecular complexity index is 846. The maximum atomic E-state index is 11.7. The fourth-order valence-corrected chi connectivity index (χ4v) is 2.14. The van der Waals surface area contributed by atoms with Crippen molar-refractivity contribution in [1.82, 2.24) is 0 Å². The van der Waals surface area contributed by atoms with Crippen LogP contribution in [0.15, 0.2) is 53.4 Å². The molecule has 0 saturated carbocycles. The highest BCUT2D eigenvalue weighted by atomic mass is 32.2. The molecule has 0 aliphatic heterocycles. The lowest BCUT2D eigenvalue weighted by atomic mass is 10.3. The number of carbonyl (C=O) groups is 2. The summed E-state index contributed by atoms with van der Waals surface area (Å²) in [6.45, 7) is 0. The van der Waals surface area contributed by atoms with Crippen molar-refractivity contribution in [2.45, 2.75) is 4.90 Å². The molecule has 0 heterocycles. The highest BCUT2D eigenvalue weighted by molar-refractivity contribution is 7.85. The van der Waals surface area contributed by atoms with Gasteiger partial charge in [-0.15, -0.1) is 0 Å². The molecule has 23 heavy (non-hydrogen) atoms. The third-order valence-electron chi connectivity index (χ3n) is 2.77. The van der Waals surface area contributed by atoms with Gasteiger partial charge in [-0.2, -0.15) is 8.42 Å². The molecular weight excluding hydrogens is 324 g/mol. The molecule has 0 fully saturated rings. The molecule has 2 rings (SSSR count). The van der Waals surface area contributed by atoms with Gasteiger partial charge in [0.1, 0.15) is 5.75 Å². The van der Waals surface area contributed by atoms with Crippen molar-refractivity contribution in [3.05, 3.63) is 48.5 Å². The van der Waals surface area contributed by atoms with Crippen LogP contribution in [0, 0.1) is 0 Å². The van der Waals surface area contributed by atoms with Gasteiger partial charge in [0.2, 0.25) is 0 Å². The lowest BCUT2D eigenvalue weighted by molar-refractivity contribution is -0.133. The number of carbonyl (C=O) groups excluding carboxylic acids is 2. The molecule has 8 nitrogen and oxygen atoms in total. The summed E-state index contributed by atoms with van der Waals surface area (Å²) in [6.07, 6.45) is 0. The topological polar surface area (TPSA) is 133 Å². The number of phenolic OH excluding ortho intramolecular Hbond substituents is 1. The Labute approximate surface area is 131 Å². The normalized spacial score (nSPS) is 10.8. The Kier molecular flexibility index (Phi) is 4.63. The Morgan fingerprint density at radius 3 is 2.00 bits per heavy atom. The SMILES string of the molecule is O=C(Nc1ccc(S(=O)(=O)O)cc1)C(=O)Nc1ccccc1O. The summed E-state index contributed by atoms with van der Waals surface area (Å²) in [5.41, 5.74) is 0.240. The number of rotatable bonds is 3. The van der Waals surface area contributed by atoms with Gasteiger partial charge in [0.25, 0.3) is 10.1 Å². The van der Waals surface area contributed by atoms with E-state index in [9.17, 15) is 23.1 Å². The third kappa shape index (κ3) is 4.28. The predicted octanol–water partition coefficient (Wildman–Crippen LogP) is 1.22. The van der Waals surface area contributed by atoms with Gasteiger partial charge in [-0.3, -0.25) is 14.1 Å². The first-order valence-electron chi connectivity index (χ1n) is 6.25. The highest BCUT2D eigenvalue weighted by Gasteiger charge is 2.16. The lowest BCUT2D eigenvalue weighted by Crippen LogP contribution is -2.29. The minimum Gasteiger partial charge on any atom is -0.506 e. The van der Waals surface area contributed by atoms with Crippen molar-refractivity contribution >= 4 is 33.3 Å². The van der Waals surface area contributed by atoms with Crippen LogP contribution < -0.4 is 10.6 Å². The zero-order valence-corrected chi connectivity index (χ0v) is 12.4. The molecule has 0 saturated heterocycles. The highest BCUT2D eigenvalue weighted by Crippen LogP contribution is 2.21. The molecule has 2 amide bonds. The van der Waals surface area contributed by atoms with Crippen molar-refractivity contribution in [1.29, 1.82) is 0 Å². The number of anilines is 2. The van der Waals surface area contributed by atoms with Crippen LogP contribution >= 0.6 is 0 Å². The molecule has 0 aromatic heterocycles. The molecule has 0 aliphatic rings. The second-order valence-corrected chi connectivity index (χ2v) is 5.85. The number of amides is 2. The molecule has 4 N–H and O–H groups in total. The van der Waals surface area contributed by atoms with E-state index in [2.05, 4.69) is 10.6 Å². The zero-order chi connectivity index (χ0) is 17.0. The number of para-hydroxylation sites is 2. The van der Waals surface area contributed by atoms with E-state index in [1.54, 1.807) is 12.1 Å². The van der Waals surface area contributed by atoms with Crippen LogP contribution in [0.3, 0.4) is 0 Å². The first-order valence-corrected chi connectivity index (χ1v) is 7.69. The minimum absolute atomic E-state index is 0.0781. The maximum Gasteiger partial charge on any atom is 0.314 e. The van der Waals surface area contributed by atoms with E-state index in [0.717, 1.165) is 12.1 Å². The second kappa shape index (κ2) is 6.46. The lowest BCUT2D eigenvalue weighted by Gasteiger charge is -2.08. The molecule has 0 atom stereocenters. The molecule has 0 unspecified atom stereocenters. The van der Waals surface area contributed by atoms with E-state index >= 15 is 0 Å². The van der Waals surface area contributed by atoms with Crippen LogP contribution in [0.25, 0.3) is 0 Å². The Balaban J connectivity index is 2.04. The fourth-order valence-electron chi connectivity index (χ4n) is 1.66. The van der Waals surface area contributed by atoms with Crippen LogP contribution in [0.5, 0.6) is 5.75 Å². The molecule has 120 valence electrons. The molecule has 2 aromatic rings. The standard InChI is InChI=1S/C14H12N2O6S/c17-12-4-2-1-3-11(12)16-14(19)13(18)15-9-5-7-10(8-6-9)23(20,21)22/h1-8,17H,(H,15,18)(H,16,19)(H,20,21,22). The molecule has 0 bridgehead atoms. The van der Waals surface area contributed by atoms with Crippen LogP contribution in [0.4, 0.5) is 11.4 Å². The molecule has 0 radical (unpaired) electrons. The van der Waals surface area contributed by atoms with Gasteiger partial charge < -0.3 is 15.7 Å². The summed E-state index contributed by atoms with van der Waals surface area (Å²) in [4.78, 5) is 23.1. The predicted molar refractivity (Wildman–Crippen MR) is 81.6 cm³/mol. The summed E-state index contributed by atoms with van der Waals surface area (Å²) >= 11 is 0. The molecule has 0 spiro atoms. The van der Waals surface area contributed by atoms with Crippen molar-refractivity contribution in [3.8, 4) is 5.75 Å². The van der Waals surface area contributed by atoms with E-state index in [1.807, 2.05) is 0 Å². The summed E-state index contributed by atoms with van der Waals surface area (Å²) in [5.74, 6) is -2.20. The Morgan fingerprint density at radius 1 is 0.870 bits per heavy atom. The summed E-state index contributed by atoms with van der Waals surface area (Å²) < 4.78 is 30.6. The van der Waals surface area contributed by atoms with Gasteiger partial charge in [-0.25, -0.2) is 0 Å². The molecular formula is C14H12N2O6S. The second-order valence-electron chi connectivity index (χ2n) is 4.42. The quantitative estimate of drug-likeness (QED) is 0.378. The van der Waals surface area contributed by atoms with E-state index in [-0.39, 0.29) is 22.0 Å². The van der Waals surface area contributed by atoms with Gasteiger partial charge in [-0.1, -0.05) is 12.1 Å². The number of nitrogens with one attached hydrogen (secondary N) is 2. The Morgan fingerprint density at radius 2 is 1.43 bits per heavy atom. The van der Waals surface area contributed by atoms with Crippen LogP contribution in [0.2, 0.25) is 0 Å². The first-order chi connectivity index (χ1) is 10.8. The van der Waals surface area contributed by atoms with Crippen LogP contribution in [-0.2, 0) is 19.7 Å². The number of aromatic hydroxyl groups is 1. The maximum absolute atomic E-state index is 11.7. The van der Waals surface area contributed by atoms with E-state index in [4.69, 9.17) is 4.55 Å². The van der Waals surface area contributed by atoms with Crippen molar-refractivity contribution in [3.63, 3.8) is 0 Å². The average Bonchev–Trinajstić information content (AvgIpc) is 2.49. The zero-order valence-electron chi connectivity index (χ0n) is 11.6. The molecule has 0 aliphatic carbocycles. The largest absolute Gasteiger partial charge is 0.506 e. The fraction of sp³-hybridized carbons (Fsp3) is 0.